The minimum Gasteiger partial charge on any atom is -0.483 e. The molecule has 1 saturated carbocycles. The van der Waals surface area contributed by atoms with Gasteiger partial charge < -0.3 is 15.2 Å². The standard InChI is InChI=1S/C13H15BrN2O5/c1-15-13(12(17)18,8-5-6-8)7-21-11-9(14)3-2-4-10(11)16(19)20/h2-4,8,15H,5-7H2,1H3,(H,17,18). The van der Waals surface area contributed by atoms with Gasteiger partial charge in [0.1, 0.15) is 6.61 Å². The molecule has 0 saturated heterocycles. The molecule has 1 fully saturated rings. The van der Waals surface area contributed by atoms with Crippen molar-refractivity contribution in [3.8, 4) is 5.75 Å². The number of ether oxygens (including phenoxy) is 1. The van der Waals surface area contributed by atoms with Crippen LogP contribution in [0.5, 0.6) is 5.75 Å². The number of para-hydroxylation sites is 1. The number of likely N-dealkylation sites (N-methyl/N-ethyl adjacent to an activating group) is 1. The van der Waals surface area contributed by atoms with Crippen LogP contribution < -0.4 is 10.1 Å². The van der Waals surface area contributed by atoms with Crippen LogP contribution in [0.1, 0.15) is 12.8 Å². The van der Waals surface area contributed by atoms with Gasteiger partial charge >= 0.3 is 11.7 Å². The van der Waals surface area contributed by atoms with Gasteiger partial charge in [0.25, 0.3) is 0 Å². The molecular formula is C13H15BrN2O5. The Morgan fingerprint density at radius 2 is 2.29 bits per heavy atom. The second kappa shape index (κ2) is 5.98. The molecule has 21 heavy (non-hydrogen) atoms. The van der Waals surface area contributed by atoms with Crippen molar-refractivity contribution in [3.05, 3.63) is 32.8 Å². The van der Waals surface area contributed by atoms with E-state index >= 15 is 0 Å². The largest absolute Gasteiger partial charge is 0.483 e. The van der Waals surface area contributed by atoms with Crippen molar-refractivity contribution < 1.29 is 19.6 Å². The highest BCUT2D eigenvalue weighted by Gasteiger charge is 2.51. The van der Waals surface area contributed by atoms with E-state index < -0.39 is 16.4 Å². The summed E-state index contributed by atoms with van der Waals surface area (Å²) >= 11 is 3.20. The van der Waals surface area contributed by atoms with Crippen molar-refractivity contribution >= 4 is 27.6 Å². The van der Waals surface area contributed by atoms with Gasteiger partial charge in [-0.1, -0.05) is 6.07 Å². The van der Waals surface area contributed by atoms with Crippen LogP contribution in [-0.2, 0) is 4.79 Å². The van der Waals surface area contributed by atoms with Crippen molar-refractivity contribution in [3.63, 3.8) is 0 Å². The number of hydrogen-bond acceptors (Lipinski definition) is 5. The summed E-state index contributed by atoms with van der Waals surface area (Å²) in [5.74, 6) is -0.993. The maximum absolute atomic E-state index is 11.6. The topological polar surface area (TPSA) is 102 Å². The zero-order chi connectivity index (χ0) is 15.6. The molecule has 2 rings (SSSR count). The first-order chi connectivity index (χ1) is 9.92. The van der Waals surface area contributed by atoms with Gasteiger partial charge in [-0.2, -0.15) is 0 Å². The number of carboxylic acid groups (broad SMARTS) is 1. The molecule has 0 aromatic heterocycles. The van der Waals surface area contributed by atoms with Crippen LogP contribution in [0, 0.1) is 16.0 Å². The Morgan fingerprint density at radius 3 is 2.76 bits per heavy atom. The van der Waals surface area contributed by atoms with Crippen molar-refractivity contribution in [2.24, 2.45) is 5.92 Å². The number of hydrogen-bond donors (Lipinski definition) is 2. The Hall–Kier alpha value is -1.67. The van der Waals surface area contributed by atoms with Crippen molar-refractivity contribution in [1.29, 1.82) is 0 Å². The average molecular weight is 359 g/mol. The number of nitro benzene ring substituents is 1. The van der Waals surface area contributed by atoms with E-state index in [1.54, 1.807) is 13.1 Å². The number of halogens is 1. The molecule has 114 valence electrons. The second-order valence-corrected chi connectivity index (χ2v) is 5.79. The van der Waals surface area contributed by atoms with E-state index in [1.165, 1.54) is 12.1 Å². The number of rotatable bonds is 7. The molecule has 0 amide bonds. The molecule has 8 heteroatoms. The fraction of sp³-hybridized carbons (Fsp3) is 0.462. The van der Waals surface area contributed by atoms with E-state index in [-0.39, 0.29) is 24.0 Å². The monoisotopic (exact) mass is 358 g/mol. The summed E-state index contributed by atoms with van der Waals surface area (Å²) in [5.41, 5.74) is -1.42. The van der Waals surface area contributed by atoms with Gasteiger partial charge in [0.15, 0.2) is 5.54 Å². The SMILES string of the molecule is CNC(COc1c(Br)cccc1[N+](=O)[O-])(C(=O)O)C1CC1. The van der Waals surface area contributed by atoms with Gasteiger partial charge in [0.2, 0.25) is 5.75 Å². The summed E-state index contributed by atoms with van der Waals surface area (Å²) < 4.78 is 5.94. The molecule has 1 aliphatic rings. The lowest BCUT2D eigenvalue weighted by molar-refractivity contribution is -0.386. The molecule has 0 spiro atoms. The quantitative estimate of drug-likeness (QED) is 0.572. The normalized spacial score (nSPS) is 17.0. The van der Waals surface area contributed by atoms with Gasteiger partial charge in [-0.25, -0.2) is 0 Å². The highest BCUT2D eigenvalue weighted by molar-refractivity contribution is 9.10. The third-order valence-electron chi connectivity index (χ3n) is 3.69. The minimum absolute atomic E-state index is 0.0263. The molecule has 1 unspecified atom stereocenters. The smallest absolute Gasteiger partial charge is 0.327 e. The predicted molar refractivity (Wildman–Crippen MR) is 78.4 cm³/mol. The molecule has 1 aromatic rings. The summed E-state index contributed by atoms with van der Waals surface area (Å²) in [5, 5.41) is 23.3. The molecular weight excluding hydrogens is 344 g/mol. The molecule has 7 nitrogen and oxygen atoms in total. The number of benzene rings is 1. The van der Waals surface area contributed by atoms with Crippen LogP contribution in [-0.4, -0.2) is 35.2 Å². The predicted octanol–water partition coefficient (Wildman–Crippen LogP) is 2.19. The lowest BCUT2D eigenvalue weighted by Crippen LogP contribution is -2.56. The fourth-order valence-corrected chi connectivity index (χ4v) is 2.75. The first kappa shape index (κ1) is 15.7. The number of carbonyl (C=O) groups is 1. The van der Waals surface area contributed by atoms with Crippen LogP contribution in [0.25, 0.3) is 0 Å². The Balaban J connectivity index is 2.26. The van der Waals surface area contributed by atoms with E-state index in [0.29, 0.717) is 4.47 Å². The number of nitrogens with zero attached hydrogens (tertiary/aromatic N) is 1. The highest BCUT2D eigenvalue weighted by atomic mass is 79.9. The van der Waals surface area contributed by atoms with Crippen LogP contribution >= 0.6 is 15.9 Å². The summed E-state index contributed by atoms with van der Waals surface area (Å²) in [4.78, 5) is 22.0. The van der Waals surface area contributed by atoms with E-state index in [4.69, 9.17) is 4.74 Å². The summed E-state index contributed by atoms with van der Waals surface area (Å²) in [7, 11) is 1.56. The van der Waals surface area contributed by atoms with E-state index in [9.17, 15) is 20.0 Å². The zero-order valence-electron chi connectivity index (χ0n) is 11.3. The van der Waals surface area contributed by atoms with E-state index in [2.05, 4.69) is 21.2 Å². The Morgan fingerprint density at radius 1 is 1.62 bits per heavy atom. The summed E-state index contributed by atoms with van der Waals surface area (Å²) in [6.45, 7) is -0.174. The first-order valence-electron chi connectivity index (χ1n) is 6.40. The molecule has 1 atom stereocenters. The van der Waals surface area contributed by atoms with Crippen molar-refractivity contribution in [2.75, 3.05) is 13.7 Å². The lowest BCUT2D eigenvalue weighted by Gasteiger charge is -2.29. The van der Waals surface area contributed by atoms with Crippen LogP contribution in [0.4, 0.5) is 5.69 Å². The molecule has 2 N–H and O–H groups in total. The van der Waals surface area contributed by atoms with Gasteiger partial charge in [0.05, 0.1) is 9.40 Å². The fourth-order valence-electron chi connectivity index (χ4n) is 2.28. The highest BCUT2D eigenvalue weighted by Crippen LogP contribution is 2.41. The molecule has 1 aromatic carbocycles. The third kappa shape index (κ3) is 3.01. The maximum atomic E-state index is 11.6. The van der Waals surface area contributed by atoms with Crippen LogP contribution in [0.2, 0.25) is 0 Å². The van der Waals surface area contributed by atoms with E-state index in [1.807, 2.05) is 0 Å². The van der Waals surface area contributed by atoms with Gasteiger partial charge in [-0.15, -0.1) is 0 Å². The molecule has 0 bridgehead atoms. The number of nitrogens with one attached hydrogen (secondary N) is 1. The molecule has 0 radical (unpaired) electrons. The number of aliphatic carboxylic acids is 1. The Bertz CT molecular complexity index is 576. The molecule has 0 heterocycles. The second-order valence-electron chi connectivity index (χ2n) is 4.93. The third-order valence-corrected chi connectivity index (χ3v) is 4.31. The van der Waals surface area contributed by atoms with E-state index in [0.717, 1.165) is 12.8 Å². The first-order valence-corrected chi connectivity index (χ1v) is 7.19. The lowest BCUT2D eigenvalue weighted by atomic mass is 9.94. The minimum atomic E-state index is -1.22. The molecule has 1 aliphatic carbocycles. The van der Waals surface area contributed by atoms with Gasteiger partial charge in [-0.05, 0) is 47.8 Å². The average Bonchev–Trinajstić information content (AvgIpc) is 3.25. The van der Waals surface area contributed by atoms with Gasteiger partial charge in [0, 0.05) is 6.07 Å². The van der Waals surface area contributed by atoms with Crippen LogP contribution in [0.3, 0.4) is 0 Å². The van der Waals surface area contributed by atoms with Crippen molar-refractivity contribution in [1.82, 2.24) is 5.32 Å². The molecule has 0 aliphatic heterocycles. The Labute approximate surface area is 129 Å². The van der Waals surface area contributed by atoms with Gasteiger partial charge in [-0.3, -0.25) is 14.9 Å². The Kier molecular flexibility index (Phi) is 4.48. The van der Waals surface area contributed by atoms with Crippen molar-refractivity contribution in [2.45, 2.75) is 18.4 Å². The summed E-state index contributed by atoms with van der Waals surface area (Å²) in [6, 6.07) is 4.46. The maximum Gasteiger partial charge on any atom is 0.327 e. The number of nitro groups is 1. The summed E-state index contributed by atoms with van der Waals surface area (Å²) in [6.07, 6.45) is 1.60. The number of carboxylic acids is 1. The van der Waals surface area contributed by atoms with Crippen LogP contribution in [0.15, 0.2) is 22.7 Å². The zero-order valence-corrected chi connectivity index (χ0v) is 12.9.